The second kappa shape index (κ2) is 9.11. The van der Waals surface area contributed by atoms with E-state index in [4.69, 9.17) is 14.8 Å². The Balaban J connectivity index is 1.64. The van der Waals surface area contributed by atoms with Crippen molar-refractivity contribution in [1.29, 1.82) is 0 Å². The van der Waals surface area contributed by atoms with Gasteiger partial charge in [-0.05, 0) is 50.7 Å². The number of amides is 1. The van der Waals surface area contributed by atoms with E-state index in [1.54, 1.807) is 11.3 Å². The van der Waals surface area contributed by atoms with Gasteiger partial charge in [0.05, 0.1) is 34.6 Å². The number of nitrogens with zero attached hydrogens (tertiary/aromatic N) is 4. The van der Waals surface area contributed by atoms with Crippen LogP contribution in [0.3, 0.4) is 0 Å². The largest absolute Gasteiger partial charge is 0.379 e. The number of ether oxygens (including phenoxy) is 1. The summed E-state index contributed by atoms with van der Waals surface area (Å²) in [5.41, 5.74) is 6.66. The molecule has 32 heavy (non-hydrogen) atoms. The summed E-state index contributed by atoms with van der Waals surface area (Å²) in [6, 6.07) is 4.48. The molecule has 0 radical (unpaired) electrons. The molecule has 0 spiro atoms. The first-order chi connectivity index (χ1) is 15.6. The first kappa shape index (κ1) is 21.3. The molecule has 1 aliphatic heterocycles. The van der Waals surface area contributed by atoms with E-state index in [0.29, 0.717) is 11.7 Å². The lowest BCUT2D eigenvalue weighted by Gasteiger charge is -2.24. The van der Waals surface area contributed by atoms with Crippen molar-refractivity contribution in [2.45, 2.75) is 64.8 Å². The molecule has 168 valence electrons. The van der Waals surface area contributed by atoms with E-state index < -0.39 is 0 Å². The van der Waals surface area contributed by atoms with Crippen LogP contribution >= 0.6 is 11.3 Å². The number of pyridine rings is 1. The average Bonchev–Trinajstić information content (AvgIpc) is 3.31. The van der Waals surface area contributed by atoms with Gasteiger partial charge in [-0.1, -0.05) is 24.7 Å². The first-order valence-electron chi connectivity index (χ1n) is 11.6. The molecule has 0 saturated carbocycles. The highest BCUT2D eigenvalue weighted by Gasteiger charge is 2.31. The number of thiazole rings is 1. The fourth-order valence-corrected chi connectivity index (χ4v) is 5.79. The van der Waals surface area contributed by atoms with Gasteiger partial charge < -0.3 is 10.1 Å². The highest BCUT2D eigenvalue weighted by atomic mass is 32.1. The number of carbonyl (C=O) groups excluding carboxylic acids is 1. The summed E-state index contributed by atoms with van der Waals surface area (Å²) in [7, 11) is 0. The Hall–Kier alpha value is -2.58. The van der Waals surface area contributed by atoms with Crippen molar-refractivity contribution in [2.75, 3.05) is 18.5 Å². The lowest BCUT2D eigenvalue weighted by molar-refractivity contribution is -0.114. The molecule has 0 aromatic carbocycles. The van der Waals surface area contributed by atoms with Crippen molar-refractivity contribution < 1.29 is 9.53 Å². The highest BCUT2D eigenvalue weighted by molar-refractivity contribution is 7.19. The quantitative estimate of drug-likeness (QED) is 0.601. The van der Waals surface area contributed by atoms with Crippen LogP contribution in [0, 0.1) is 0 Å². The van der Waals surface area contributed by atoms with Crippen LogP contribution in [0.15, 0.2) is 18.3 Å². The van der Waals surface area contributed by atoms with Gasteiger partial charge in [0.2, 0.25) is 5.91 Å². The van der Waals surface area contributed by atoms with Gasteiger partial charge in [-0.2, -0.15) is 5.10 Å². The molecule has 2 aliphatic rings. The number of fused-ring (bicyclic) bond motifs is 3. The van der Waals surface area contributed by atoms with Gasteiger partial charge in [0.1, 0.15) is 0 Å². The van der Waals surface area contributed by atoms with Crippen molar-refractivity contribution in [3.05, 3.63) is 35.3 Å². The average molecular weight is 452 g/mol. The maximum Gasteiger partial charge on any atom is 0.223 e. The van der Waals surface area contributed by atoms with Crippen LogP contribution in [0.4, 0.5) is 5.13 Å². The number of hydrogen-bond donors (Lipinski definition) is 1. The highest BCUT2D eigenvalue weighted by Crippen LogP contribution is 2.44. The monoisotopic (exact) mass is 451 g/mol. The van der Waals surface area contributed by atoms with E-state index in [-0.39, 0.29) is 11.9 Å². The summed E-state index contributed by atoms with van der Waals surface area (Å²) < 4.78 is 8.00. The molecule has 1 unspecified atom stereocenters. The summed E-state index contributed by atoms with van der Waals surface area (Å²) in [5, 5.41) is 8.70. The van der Waals surface area contributed by atoms with Crippen molar-refractivity contribution in [2.24, 2.45) is 0 Å². The Bertz CT molecular complexity index is 1110. The molecule has 8 heteroatoms. The predicted molar refractivity (Wildman–Crippen MR) is 126 cm³/mol. The zero-order valence-corrected chi connectivity index (χ0v) is 19.5. The number of anilines is 1. The number of nitrogens with one attached hydrogen (secondary N) is 1. The molecule has 7 nitrogen and oxygen atoms in total. The molecule has 3 aromatic heterocycles. The summed E-state index contributed by atoms with van der Waals surface area (Å²) in [5.74, 6) is -0.0951. The van der Waals surface area contributed by atoms with Gasteiger partial charge in [-0.15, -0.1) is 0 Å². The normalized spacial score (nSPS) is 18.0. The number of aromatic nitrogens is 4. The maximum absolute atomic E-state index is 11.6. The van der Waals surface area contributed by atoms with Crippen molar-refractivity contribution in [3.63, 3.8) is 0 Å². The van der Waals surface area contributed by atoms with Crippen molar-refractivity contribution >= 4 is 22.4 Å². The van der Waals surface area contributed by atoms with Crippen molar-refractivity contribution in [3.8, 4) is 21.8 Å². The zero-order chi connectivity index (χ0) is 22.1. The molecule has 1 atom stereocenters. The van der Waals surface area contributed by atoms with Crippen molar-refractivity contribution in [1.82, 2.24) is 19.7 Å². The molecule has 1 fully saturated rings. The number of hydrogen-bond acceptors (Lipinski definition) is 6. The third-order valence-electron chi connectivity index (χ3n) is 6.13. The second-order valence-corrected chi connectivity index (χ2v) is 9.61. The van der Waals surface area contributed by atoms with Gasteiger partial charge in [-0.25, -0.2) is 4.98 Å². The van der Waals surface area contributed by atoms with Crippen LogP contribution in [0.2, 0.25) is 0 Å². The molecule has 1 aliphatic carbocycles. The Labute approximate surface area is 192 Å². The van der Waals surface area contributed by atoms with Crippen LogP contribution in [0.25, 0.3) is 21.8 Å². The molecule has 5 rings (SSSR count). The molecular formula is C24H29N5O2S. The minimum absolute atomic E-state index is 0.0951. The standard InChI is InChI=1S/C24H29N5O2S/c1-3-6-17-11-10-16(13-25-17)21-19-8-4-9-20-23(32-24(27-20)26-15(2)30)22(19)29(28-21)18-7-5-12-31-14-18/h10-11,13,18H,3-9,12,14H2,1-2H3,(H,26,27,30). The van der Waals surface area contributed by atoms with Crippen LogP contribution in [0.5, 0.6) is 0 Å². The SMILES string of the molecule is CCCc1ccc(-c2nn(C3CCCOC3)c3c2CCCc2nc(NC(C)=O)sc2-3)cn1. The Kier molecular flexibility index (Phi) is 6.06. The van der Waals surface area contributed by atoms with Crippen LogP contribution in [-0.2, 0) is 28.8 Å². The van der Waals surface area contributed by atoms with E-state index in [9.17, 15) is 4.79 Å². The third-order valence-corrected chi connectivity index (χ3v) is 7.15. The van der Waals surface area contributed by atoms with Gasteiger partial charge in [-0.3, -0.25) is 14.5 Å². The van der Waals surface area contributed by atoms with Gasteiger partial charge in [0.15, 0.2) is 5.13 Å². The van der Waals surface area contributed by atoms with E-state index in [0.717, 1.165) is 84.8 Å². The van der Waals surface area contributed by atoms with Gasteiger partial charge in [0.25, 0.3) is 0 Å². The topological polar surface area (TPSA) is 81.9 Å². The summed E-state index contributed by atoms with van der Waals surface area (Å²) in [6.07, 6.45) is 8.98. The number of rotatable bonds is 5. The minimum Gasteiger partial charge on any atom is -0.379 e. The molecule has 4 heterocycles. The Morgan fingerprint density at radius 2 is 2.22 bits per heavy atom. The minimum atomic E-state index is -0.0951. The summed E-state index contributed by atoms with van der Waals surface area (Å²) in [6.45, 7) is 5.18. The molecule has 1 saturated heterocycles. The zero-order valence-electron chi connectivity index (χ0n) is 18.7. The van der Waals surface area contributed by atoms with Crippen LogP contribution in [0.1, 0.15) is 62.5 Å². The lowest BCUT2D eigenvalue weighted by Crippen LogP contribution is -2.23. The molecule has 0 bridgehead atoms. The third kappa shape index (κ3) is 4.09. The number of carbonyl (C=O) groups is 1. The summed E-state index contributed by atoms with van der Waals surface area (Å²) in [4.78, 5) is 22.2. The van der Waals surface area contributed by atoms with Gasteiger partial charge >= 0.3 is 0 Å². The lowest BCUT2D eigenvalue weighted by atomic mass is 10.0. The predicted octanol–water partition coefficient (Wildman–Crippen LogP) is 4.82. The van der Waals surface area contributed by atoms with E-state index in [1.807, 2.05) is 6.20 Å². The first-order valence-corrected chi connectivity index (χ1v) is 12.4. The second-order valence-electron chi connectivity index (χ2n) is 8.61. The van der Waals surface area contributed by atoms with Crippen LogP contribution in [-0.4, -0.2) is 38.9 Å². The van der Waals surface area contributed by atoms with Crippen LogP contribution < -0.4 is 5.32 Å². The Morgan fingerprint density at radius 1 is 1.31 bits per heavy atom. The molecule has 1 amide bonds. The fraction of sp³-hybridized carbons (Fsp3) is 0.500. The maximum atomic E-state index is 11.6. The molecular weight excluding hydrogens is 422 g/mol. The molecule has 1 N–H and O–H groups in total. The fourth-order valence-electron chi connectivity index (χ4n) is 4.67. The Morgan fingerprint density at radius 3 is 2.94 bits per heavy atom. The van der Waals surface area contributed by atoms with E-state index >= 15 is 0 Å². The summed E-state index contributed by atoms with van der Waals surface area (Å²) >= 11 is 1.56. The van der Waals surface area contributed by atoms with Gasteiger partial charge in [0, 0.05) is 36.5 Å². The number of aryl methyl sites for hydroxylation is 2. The van der Waals surface area contributed by atoms with E-state index in [2.05, 4.69) is 34.0 Å². The molecule has 3 aromatic rings. The van der Waals surface area contributed by atoms with E-state index in [1.165, 1.54) is 12.5 Å². The smallest absolute Gasteiger partial charge is 0.223 e.